The fraction of sp³-hybridized carbons (Fsp3) is 0.667. The maximum atomic E-state index is 5.19. The number of hydrogen-bond acceptors (Lipinski definition) is 5. The van der Waals surface area contributed by atoms with E-state index in [1.54, 1.807) is 0 Å². The van der Waals surface area contributed by atoms with E-state index < -0.39 is 0 Å². The van der Waals surface area contributed by atoms with Gasteiger partial charge in [-0.3, -0.25) is 5.10 Å². The molecule has 0 unspecified atom stereocenters. The van der Waals surface area contributed by atoms with Crippen LogP contribution in [0.4, 0.5) is 5.13 Å². The number of nitrogens with zero attached hydrogens (tertiary/aromatic N) is 1. The first kappa shape index (κ1) is 9.63. The molecule has 1 aliphatic heterocycles. The maximum absolute atomic E-state index is 5.19. The van der Waals surface area contributed by atoms with Crippen LogP contribution in [0.5, 0.6) is 0 Å². The van der Waals surface area contributed by atoms with Gasteiger partial charge in [0, 0.05) is 0 Å². The van der Waals surface area contributed by atoms with E-state index in [0.717, 1.165) is 0 Å². The molecule has 68 valence electrons. The lowest BCUT2D eigenvalue weighted by atomic mass is 10.4. The minimum absolute atomic E-state index is 0.491. The van der Waals surface area contributed by atoms with E-state index in [4.69, 9.17) is 5.73 Å². The molecule has 0 radical (unpaired) electrons. The quantitative estimate of drug-likeness (QED) is 0.555. The zero-order valence-electron chi connectivity index (χ0n) is 6.67. The van der Waals surface area contributed by atoms with Crippen molar-refractivity contribution in [3.05, 3.63) is 3.95 Å². The molecule has 0 saturated carbocycles. The second-order valence-corrected chi connectivity index (χ2v) is 4.11. The molecule has 0 atom stereocenters. The zero-order chi connectivity index (χ0) is 8.81. The third-order valence-electron chi connectivity index (χ3n) is 1.41. The van der Waals surface area contributed by atoms with Crippen LogP contribution in [0.3, 0.4) is 0 Å². The van der Waals surface area contributed by atoms with Gasteiger partial charge in [0.05, 0.1) is 0 Å². The molecule has 0 spiro atoms. The third-order valence-corrected chi connectivity index (χ3v) is 2.33. The van der Waals surface area contributed by atoms with Crippen LogP contribution in [0.2, 0.25) is 0 Å². The van der Waals surface area contributed by atoms with Gasteiger partial charge in [-0.15, -0.1) is 5.10 Å². The summed E-state index contributed by atoms with van der Waals surface area (Å²) in [7, 11) is 0. The summed E-state index contributed by atoms with van der Waals surface area (Å²) in [6.07, 6.45) is 2.78. The summed E-state index contributed by atoms with van der Waals surface area (Å²) >= 11 is 5.92. The monoisotopic (exact) mass is 204 g/mol. The molecule has 1 aliphatic rings. The molecule has 1 aromatic heterocycles. The number of rotatable bonds is 0. The summed E-state index contributed by atoms with van der Waals surface area (Å²) in [5, 5.41) is 9.82. The standard InChI is InChI=1S/C4H9N.C2H3N3S2/c1-2-4-5-3-1;3-1-4-5-2(6)7-1/h5H,1-4H2;(H2,3,4)(H,5,6). The Bertz CT molecular complexity index is 255. The van der Waals surface area contributed by atoms with Crippen molar-refractivity contribution in [2.24, 2.45) is 0 Å². The third kappa shape index (κ3) is 3.80. The molecule has 2 heterocycles. The van der Waals surface area contributed by atoms with Crippen molar-refractivity contribution in [2.75, 3.05) is 18.8 Å². The molecule has 4 N–H and O–H groups in total. The lowest BCUT2D eigenvalue weighted by Crippen LogP contribution is -2.03. The Balaban J connectivity index is 0.000000127. The van der Waals surface area contributed by atoms with E-state index in [-0.39, 0.29) is 0 Å². The summed E-state index contributed by atoms with van der Waals surface area (Å²) < 4.78 is 0.623. The second kappa shape index (κ2) is 5.23. The Morgan fingerprint density at radius 3 is 2.25 bits per heavy atom. The van der Waals surface area contributed by atoms with Gasteiger partial charge in [-0.1, -0.05) is 11.3 Å². The van der Waals surface area contributed by atoms with Gasteiger partial charge >= 0.3 is 0 Å². The molecule has 2 rings (SSSR count). The highest BCUT2D eigenvalue weighted by Crippen LogP contribution is 2.03. The number of hydrogen-bond donors (Lipinski definition) is 3. The molecule has 1 fully saturated rings. The Kier molecular flexibility index (Phi) is 4.20. The predicted molar refractivity (Wildman–Crippen MR) is 53.8 cm³/mol. The average molecular weight is 204 g/mol. The van der Waals surface area contributed by atoms with Crippen molar-refractivity contribution in [3.8, 4) is 0 Å². The fourth-order valence-corrected chi connectivity index (χ4v) is 1.54. The first-order valence-corrected chi connectivity index (χ1v) is 5.03. The molecule has 4 nitrogen and oxygen atoms in total. The number of H-pyrrole nitrogens is 1. The summed E-state index contributed by atoms with van der Waals surface area (Å²) in [5.74, 6) is 0. The topological polar surface area (TPSA) is 66.7 Å². The molecule has 0 amide bonds. The second-order valence-electron chi connectivity index (χ2n) is 2.41. The van der Waals surface area contributed by atoms with E-state index in [1.807, 2.05) is 0 Å². The van der Waals surface area contributed by atoms with Crippen LogP contribution < -0.4 is 11.1 Å². The van der Waals surface area contributed by atoms with Crippen molar-refractivity contribution < 1.29 is 0 Å². The highest BCUT2D eigenvalue weighted by atomic mass is 32.1. The van der Waals surface area contributed by atoms with Crippen molar-refractivity contribution in [2.45, 2.75) is 12.8 Å². The first-order chi connectivity index (χ1) is 5.79. The highest BCUT2D eigenvalue weighted by molar-refractivity contribution is 7.73. The fourth-order valence-electron chi connectivity index (χ4n) is 0.866. The lowest BCUT2D eigenvalue weighted by Gasteiger charge is -1.76. The van der Waals surface area contributed by atoms with Crippen molar-refractivity contribution in [1.82, 2.24) is 15.5 Å². The molecule has 1 saturated heterocycles. The van der Waals surface area contributed by atoms with E-state index in [2.05, 4.69) is 27.7 Å². The van der Waals surface area contributed by atoms with Gasteiger partial charge in [0.2, 0.25) is 5.13 Å². The number of nitrogens with two attached hydrogens (primary N) is 1. The number of nitrogen functional groups attached to an aromatic ring is 1. The maximum Gasteiger partial charge on any atom is 0.201 e. The molecule has 0 aromatic carbocycles. The van der Waals surface area contributed by atoms with Gasteiger partial charge in [-0.2, -0.15) is 0 Å². The molecule has 1 aromatic rings. The summed E-state index contributed by atoms with van der Waals surface area (Å²) in [5.41, 5.74) is 5.19. The van der Waals surface area contributed by atoms with E-state index >= 15 is 0 Å². The van der Waals surface area contributed by atoms with Crippen molar-refractivity contribution in [1.29, 1.82) is 0 Å². The Hall–Kier alpha value is -0.460. The van der Waals surface area contributed by atoms with E-state index in [0.29, 0.717) is 9.09 Å². The zero-order valence-corrected chi connectivity index (χ0v) is 8.30. The Morgan fingerprint density at radius 2 is 2.08 bits per heavy atom. The lowest BCUT2D eigenvalue weighted by molar-refractivity contribution is 0.857. The van der Waals surface area contributed by atoms with Crippen LogP contribution in [0.1, 0.15) is 12.8 Å². The van der Waals surface area contributed by atoms with Crippen molar-refractivity contribution >= 4 is 28.7 Å². The van der Waals surface area contributed by atoms with Gasteiger partial charge in [0.1, 0.15) is 0 Å². The molecular formula is C6H12N4S2. The summed E-state index contributed by atoms with van der Waals surface area (Å²) in [6.45, 7) is 2.50. The van der Waals surface area contributed by atoms with Gasteiger partial charge in [-0.05, 0) is 38.1 Å². The van der Waals surface area contributed by atoms with Crippen LogP contribution in [0.25, 0.3) is 0 Å². The number of anilines is 1. The van der Waals surface area contributed by atoms with Gasteiger partial charge in [-0.25, -0.2) is 0 Å². The molecule has 12 heavy (non-hydrogen) atoms. The average Bonchev–Trinajstić information content (AvgIpc) is 2.63. The summed E-state index contributed by atoms with van der Waals surface area (Å²) in [6, 6.07) is 0. The highest BCUT2D eigenvalue weighted by Gasteiger charge is 1.93. The number of nitrogens with one attached hydrogen (secondary N) is 2. The van der Waals surface area contributed by atoms with Gasteiger partial charge in [0.15, 0.2) is 3.95 Å². The molecular weight excluding hydrogens is 192 g/mol. The minimum Gasteiger partial charge on any atom is -0.374 e. The van der Waals surface area contributed by atoms with Crippen LogP contribution in [0, 0.1) is 3.95 Å². The largest absolute Gasteiger partial charge is 0.374 e. The van der Waals surface area contributed by atoms with E-state index in [1.165, 1.54) is 37.3 Å². The van der Waals surface area contributed by atoms with Gasteiger partial charge in [0.25, 0.3) is 0 Å². The smallest absolute Gasteiger partial charge is 0.201 e. The minimum atomic E-state index is 0.491. The first-order valence-electron chi connectivity index (χ1n) is 3.81. The predicted octanol–water partition coefficient (Wildman–Crippen LogP) is 1.15. The van der Waals surface area contributed by atoms with Crippen LogP contribution >= 0.6 is 23.6 Å². The van der Waals surface area contributed by atoms with Crippen LogP contribution in [-0.2, 0) is 0 Å². The van der Waals surface area contributed by atoms with E-state index in [9.17, 15) is 0 Å². The molecule has 6 heteroatoms. The number of aromatic nitrogens is 2. The summed E-state index contributed by atoms with van der Waals surface area (Å²) in [4.78, 5) is 0. The number of aromatic amines is 1. The van der Waals surface area contributed by atoms with Crippen LogP contribution in [-0.4, -0.2) is 23.3 Å². The SMILES string of the molecule is C1CCNC1.Nc1n[nH]c(=S)s1. The molecule has 0 bridgehead atoms. The normalized spacial score (nSPS) is 15.3. The van der Waals surface area contributed by atoms with Crippen LogP contribution in [0.15, 0.2) is 0 Å². The van der Waals surface area contributed by atoms with Gasteiger partial charge < -0.3 is 11.1 Å². The van der Waals surface area contributed by atoms with Crippen molar-refractivity contribution in [3.63, 3.8) is 0 Å². The molecule has 0 aliphatic carbocycles. The Morgan fingerprint density at radius 1 is 1.42 bits per heavy atom. The Labute approximate surface area is 80.2 Å².